The van der Waals surface area contributed by atoms with Crippen LogP contribution in [-0.2, 0) is 6.54 Å². The van der Waals surface area contributed by atoms with Crippen LogP contribution >= 0.6 is 11.6 Å². The van der Waals surface area contributed by atoms with Crippen molar-refractivity contribution in [2.75, 3.05) is 24.3 Å². The first kappa shape index (κ1) is 18.7. The third-order valence-corrected chi connectivity index (χ3v) is 4.45. The van der Waals surface area contributed by atoms with Crippen molar-refractivity contribution in [3.05, 3.63) is 83.0 Å². The Bertz CT molecular complexity index is 908. The van der Waals surface area contributed by atoms with Gasteiger partial charge >= 0.3 is 0 Å². The lowest BCUT2D eigenvalue weighted by Crippen LogP contribution is -2.23. The van der Waals surface area contributed by atoms with Gasteiger partial charge in [-0.2, -0.15) is 0 Å². The first-order valence-corrected chi connectivity index (χ1v) is 8.93. The zero-order valence-corrected chi connectivity index (χ0v) is 16.0. The third kappa shape index (κ3) is 4.99. The zero-order valence-electron chi connectivity index (χ0n) is 15.2. The molecule has 0 bridgehead atoms. The molecule has 138 valence electrons. The molecule has 0 unspecified atom stereocenters. The smallest absolute Gasteiger partial charge is 0.253 e. The van der Waals surface area contributed by atoms with Crippen molar-refractivity contribution in [2.24, 2.45) is 0 Å². The highest BCUT2D eigenvalue weighted by atomic mass is 35.5. The van der Waals surface area contributed by atoms with Crippen molar-refractivity contribution in [3.8, 4) is 0 Å². The molecule has 1 aromatic heterocycles. The first-order valence-electron chi connectivity index (χ1n) is 8.55. The Morgan fingerprint density at radius 3 is 2.41 bits per heavy atom. The quantitative estimate of drug-likeness (QED) is 0.662. The van der Waals surface area contributed by atoms with E-state index in [1.54, 1.807) is 24.4 Å². The number of nitrogens with one attached hydrogen (secondary N) is 2. The summed E-state index contributed by atoms with van der Waals surface area (Å²) in [6.45, 7) is 0.372. The van der Waals surface area contributed by atoms with E-state index in [4.69, 9.17) is 11.6 Å². The molecule has 5 nitrogen and oxygen atoms in total. The van der Waals surface area contributed by atoms with Gasteiger partial charge in [0.2, 0.25) is 0 Å². The van der Waals surface area contributed by atoms with Gasteiger partial charge in [-0.05, 0) is 48.0 Å². The fraction of sp³-hybridized carbons (Fsp3) is 0.143. The van der Waals surface area contributed by atoms with E-state index in [1.807, 2.05) is 61.5 Å². The predicted molar refractivity (Wildman–Crippen MR) is 111 cm³/mol. The van der Waals surface area contributed by atoms with Gasteiger partial charge < -0.3 is 15.5 Å². The maximum Gasteiger partial charge on any atom is 0.253 e. The molecule has 0 radical (unpaired) electrons. The van der Waals surface area contributed by atoms with Crippen molar-refractivity contribution in [1.82, 2.24) is 10.3 Å². The van der Waals surface area contributed by atoms with Gasteiger partial charge in [0.15, 0.2) is 0 Å². The number of carbonyl (C=O) groups is 1. The molecule has 1 heterocycles. The summed E-state index contributed by atoms with van der Waals surface area (Å²) >= 11 is 6.10. The van der Waals surface area contributed by atoms with Gasteiger partial charge in [-0.25, -0.2) is 4.98 Å². The minimum Gasteiger partial charge on any atom is -0.378 e. The number of nitrogens with zero attached hydrogens (tertiary/aromatic N) is 2. The van der Waals surface area contributed by atoms with Crippen molar-refractivity contribution in [1.29, 1.82) is 0 Å². The maximum absolute atomic E-state index is 12.3. The fourth-order valence-electron chi connectivity index (χ4n) is 2.51. The van der Waals surface area contributed by atoms with Gasteiger partial charge in [0.25, 0.3) is 5.91 Å². The van der Waals surface area contributed by atoms with E-state index in [-0.39, 0.29) is 5.91 Å². The van der Waals surface area contributed by atoms with Gasteiger partial charge in [0, 0.05) is 43.2 Å². The molecule has 6 heteroatoms. The van der Waals surface area contributed by atoms with Gasteiger partial charge in [-0.15, -0.1) is 0 Å². The van der Waals surface area contributed by atoms with Crippen LogP contribution in [0.3, 0.4) is 0 Å². The monoisotopic (exact) mass is 380 g/mol. The summed E-state index contributed by atoms with van der Waals surface area (Å²) in [5.41, 5.74) is 3.43. The molecule has 0 aliphatic rings. The number of anilines is 3. The second kappa shape index (κ2) is 8.56. The normalized spacial score (nSPS) is 10.3. The van der Waals surface area contributed by atoms with Crippen LogP contribution in [-0.4, -0.2) is 25.0 Å². The highest BCUT2D eigenvalue weighted by Crippen LogP contribution is 2.19. The standard InChI is InChI=1S/C21H21ClN4O/c1-26(2)18-10-8-17(9-11-18)25-20-12-7-16(14-23-20)21(27)24-13-15-5-3-4-6-19(15)22/h3-12,14H,13H2,1-2H3,(H,23,25)(H,24,27). The number of hydrogen-bond acceptors (Lipinski definition) is 4. The summed E-state index contributed by atoms with van der Waals surface area (Å²) in [6, 6.07) is 19.0. The number of amides is 1. The molecule has 27 heavy (non-hydrogen) atoms. The molecule has 0 saturated carbocycles. The number of carbonyl (C=O) groups excluding carboxylic acids is 1. The summed E-state index contributed by atoms with van der Waals surface area (Å²) in [4.78, 5) is 18.6. The van der Waals surface area contributed by atoms with Crippen LogP contribution < -0.4 is 15.5 Å². The molecule has 0 spiro atoms. The van der Waals surface area contributed by atoms with Gasteiger partial charge in [0.05, 0.1) is 5.56 Å². The number of halogens is 1. The van der Waals surface area contributed by atoms with Gasteiger partial charge in [-0.1, -0.05) is 29.8 Å². The second-order valence-corrected chi connectivity index (χ2v) is 6.68. The third-order valence-electron chi connectivity index (χ3n) is 4.08. The van der Waals surface area contributed by atoms with E-state index < -0.39 is 0 Å². The minimum absolute atomic E-state index is 0.190. The van der Waals surface area contributed by atoms with Crippen molar-refractivity contribution < 1.29 is 4.79 Å². The molecule has 0 atom stereocenters. The van der Waals surface area contributed by atoms with Crippen LogP contribution in [0.5, 0.6) is 0 Å². The van der Waals surface area contributed by atoms with Crippen LogP contribution in [0.2, 0.25) is 5.02 Å². The Morgan fingerprint density at radius 1 is 1.04 bits per heavy atom. The lowest BCUT2D eigenvalue weighted by Gasteiger charge is -2.13. The van der Waals surface area contributed by atoms with E-state index in [9.17, 15) is 4.79 Å². The van der Waals surface area contributed by atoms with Crippen LogP contribution in [0.1, 0.15) is 15.9 Å². The highest BCUT2D eigenvalue weighted by molar-refractivity contribution is 6.31. The minimum atomic E-state index is -0.190. The molecule has 3 aromatic rings. The summed E-state index contributed by atoms with van der Waals surface area (Å²) < 4.78 is 0. The Balaban J connectivity index is 1.59. The molecule has 0 aliphatic heterocycles. The molecule has 3 rings (SSSR count). The van der Waals surface area contributed by atoms with E-state index in [0.29, 0.717) is 22.9 Å². The second-order valence-electron chi connectivity index (χ2n) is 6.27. The number of pyridine rings is 1. The van der Waals surface area contributed by atoms with Crippen LogP contribution in [0, 0.1) is 0 Å². The fourth-order valence-corrected chi connectivity index (χ4v) is 2.71. The van der Waals surface area contributed by atoms with E-state index in [1.165, 1.54) is 0 Å². The summed E-state index contributed by atoms with van der Waals surface area (Å²) in [6.07, 6.45) is 1.55. The van der Waals surface area contributed by atoms with Crippen LogP contribution in [0.4, 0.5) is 17.2 Å². The SMILES string of the molecule is CN(C)c1ccc(Nc2ccc(C(=O)NCc3ccccc3Cl)cn2)cc1. The molecule has 0 aliphatic carbocycles. The lowest BCUT2D eigenvalue weighted by molar-refractivity contribution is 0.0950. The number of rotatable bonds is 6. The van der Waals surface area contributed by atoms with Gasteiger partial charge in [-0.3, -0.25) is 4.79 Å². The number of benzene rings is 2. The molecule has 0 saturated heterocycles. The topological polar surface area (TPSA) is 57.3 Å². The van der Waals surface area contributed by atoms with E-state index >= 15 is 0 Å². The predicted octanol–water partition coefficient (Wildman–Crippen LogP) is 4.47. The van der Waals surface area contributed by atoms with Crippen LogP contribution in [0.25, 0.3) is 0 Å². The van der Waals surface area contributed by atoms with Crippen molar-refractivity contribution in [2.45, 2.75) is 6.54 Å². The average Bonchev–Trinajstić information content (AvgIpc) is 2.68. The molecule has 0 fully saturated rings. The summed E-state index contributed by atoms with van der Waals surface area (Å²) in [7, 11) is 4.00. The molecule has 2 aromatic carbocycles. The number of aromatic nitrogens is 1. The Kier molecular flexibility index (Phi) is 5.94. The Morgan fingerprint density at radius 2 is 1.78 bits per heavy atom. The Hall–Kier alpha value is -3.05. The first-order chi connectivity index (χ1) is 13.0. The Labute approximate surface area is 164 Å². The highest BCUT2D eigenvalue weighted by Gasteiger charge is 2.07. The molecular weight excluding hydrogens is 360 g/mol. The zero-order chi connectivity index (χ0) is 19.2. The number of hydrogen-bond donors (Lipinski definition) is 2. The van der Waals surface area contributed by atoms with Gasteiger partial charge in [0.1, 0.15) is 5.82 Å². The average molecular weight is 381 g/mol. The van der Waals surface area contributed by atoms with Crippen LogP contribution in [0.15, 0.2) is 66.9 Å². The molecule has 2 N–H and O–H groups in total. The maximum atomic E-state index is 12.3. The largest absolute Gasteiger partial charge is 0.378 e. The molecular formula is C21H21ClN4O. The van der Waals surface area contributed by atoms with Crippen molar-refractivity contribution in [3.63, 3.8) is 0 Å². The lowest BCUT2D eigenvalue weighted by atomic mass is 10.2. The summed E-state index contributed by atoms with van der Waals surface area (Å²) in [5.74, 6) is 0.486. The summed E-state index contributed by atoms with van der Waals surface area (Å²) in [5, 5.41) is 6.71. The van der Waals surface area contributed by atoms with Crippen molar-refractivity contribution >= 4 is 34.7 Å². The van der Waals surface area contributed by atoms with E-state index in [2.05, 4.69) is 15.6 Å². The molecule has 1 amide bonds. The van der Waals surface area contributed by atoms with E-state index in [0.717, 1.165) is 16.9 Å².